The Balaban J connectivity index is 0.00000784. The number of guanidine groups is 1. The number of nitrogens with one attached hydrogen (secondary N) is 2. The van der Waals surface area contributed by atoms with E-state index in [1.807, 2.05) is 32.0 Å². The second-order valence-electron chi connectivity index (χ2n) is 6.94. The topological polar surface area (TPSA) is 73.8 Å². The van der Waals surface area contributed by atoms with Gasteiger partial charge in [-0.1, -0.05) is 43.6 Å². The number of hydrogen-bond acceptors (Lipinski definition) is 4. The van der Waals surface area contributed by atoms with Gasteiger partial charge in [0.1, 0.15) is 9.84 Å². The zero-order chi connectivity index (χ0) is 21.2. The summed E-state index contributed by atoms with van der Waals surface area (Å²) >= 11 is 6.46. The molecule has 0 amide bonds. The number of rotatable bonds is 11. The van der Waals surface area contributed by atoms with Crippen molar-refractivity contribution in [3.8, 4) is 0 Å². The first-order valence-corrected chi connectivity index (χ1v) is 12.4. The number of aliphatic imine (C=N–C) groups is 1. The smallest absolute Gasteiger partial charge is 0.191 e. The minimum atomic E-state index is -2.97. The highest BCUT2D eigenvalue weighted by molar-refractivity contribution is 14.0. The molecule has 0 saturated carbocycles. The third-order valence-electron chi connectivity index (χ3n) is 4.59. The molecule has 0 aliphatic carbocycles. The number of hydrogen-bond donors (Lipinski definition) is 2. The van der Waals surface area contributed by atoms with Crippen LogP contribution in [0.4, 0.5) is 0 Å². The van der Waals surface area contributed by atoms with Gasteiger partial charge in [0.2, 0.25) is 0 Å². The van der Waals surface area contributed by atoms with Crippen LogP contribution in [-0.2, 0) is 9.84 Å². The highest BCUT2D eigenvalue weighted by Gasteiger charge is 2.20. The third-order valence-corrected chi connectivity index (χ3v) is 5.91. The Kier molecular flexibility index (Phi) is 14.1. The highest BCUT2D eigenvalue weighted by atomic mass is 127. The molecule has 0 aliphatic heterocycles. The van der Waals surface area contributed by atoms with Gasteiger partial charge in [-0.2, -0.15) is 0 Å². The van der Waals surface area contributed by atoms with Crippen molar-refractivity contribution in [2.24, 2.45) is 4.99 Å². The van der Waals surface area contributed by atoms with Crippen LogP contribution in [-0.4, -0.2) is 63.5 Å². The van der Waals surface area contributed by atoms with Gasteiger partial charge in [0.05, 0.1) is 18.3 Å². The van der Waals surface area contributed by atoms with Crippen LogP contribution >= 0.6 is 35.6 Å². The van der Waals surface area contributed by atoms with Gasteiger partial charge in [-0.15, -0.1) is 24.0 Å². The van der Waals surface area contributed by atoms with Crippen molar-refractivity contribution in [2.45, 2.75) is 46.2 Å². The molecule has 2 atom stereocenters. The molecular formula is C20H36ClIN4O2S. The average Bonchev–Trinajstić information content (AvgIpc) is 2.63. The van der Waals surface area contributed by atoms with Crippen molar-refractivity contribution < 1.29 is 8.42 Å². The SMILES string of the molecule is CCNC(=NCC(c1ccccc1Cl)N(CC)CC)NC(C)CCS(C)(=O)=O.I. The first-order valence-electron chi connectivity index (χ1n) is 9.92. The number of nitrogens with zero attached hydrogens (tertiary/aromatic N) is 2. The fraction of sp³-hybridized carbons (Fsp3) is 0.650. The van der Waals surface area contributed by atoms with Gasteiger partial charge in [-0.3, -0.25) is 9.89 Å². The molecule has 0 bridgehead atoms. The van der Waals surface area contributed by atoms with Gasteiger partial charge in [-0.25, -0.2) is 8.42 Å². The molecule has 1 aromatic rings. The van der Waals surface area contributed by atoms with Crippen molar-refractivity contribution >= 4 is 51.4 Å². The van der Waals surface area contributed by atoms with Crippen molar-refractivity contribution in [2.75, 3.05) is 38.2 Å². The minimum absolute atomic E-state index is 0. The molecule has 0 saturated heterocycles. The van der Waals surface area contributed by atoms with Crippen LogP contribution < -0.4 is 10.6 Å². The van der Waals surface area contributed by atoms with Crippen LogP contribution in [0.2, 0.25) is 5.02 Å². The summed E-state index contributed by atoms with van der Waals surface area (Å²) in [7, 11) is -2.97. The predicted molar refractivity (Wildman–Crippen MR) is 135 cm³/mol. The molecule has 2 unspecified atom stereocenters. The number of likely N-dealkylation sites (N-methyl/N-ethyl adjacent to an activating group) is 1. The summed E-state index contributed by atoms with van der Waals surface area (Å²) in [5.74, 6) is 0.843. The summed E-state index contributed by atoms with van der Waals surface area (Å²) in [6.45, 7) is 11.3. The Labute approximate surface area is 198 Å². The van der Waals surface area contributed by atoms with Crippen LogP contribution in [0.5, 0.6) is 0 Å². The molecular weight excluding hydrogens is 523 g/mol. The predicted octanol–water partition coefficient (Wildman–Crippen LogP) is 3.72. The molecule has 1 aromatic carbocycles. The largest absolute Gasteiger partial charge is 0.357 e. The van der Waals surface area contributed by atoms with Crippen LogP contribution in [0, 0.1) is 0 Å². The molecule has 6 nitrogen and oxygen atoms in total. The molecule has 0 aliphatic rings. The van der Waals surface area contributed by atoms with Gasteiger partial charge >= 0.3 is 0 Å². The fourth-order valence-corrected chi connectivity index (χ4v) is 4.06. The first kappa shape index (κ1) is 28.4. The van der Waals surface area contributed by atoms with E-state index < -0.39 is 9.84 Å². The first-order chi connectivity index (χ1) is 13.2. The lowest BCUT2D eigenvalue weighted by molar-refractivity contribution is 0.224. The Hall–Kier alpha value is -0.580. The molecule has 0 spiro atoms. The lowest BCUT2D eigenvalue weighted by Gasteiger charge is -2.30. The molecule has 1 rings (SSSR count). The van der Waals surface area contributed by atoms with E-state index >= 15 is 0 Å². The van der Waals surface area contributed by atoms with Gasteiger partial charge in [0.15, 0.2) is 5.96 Å². The normalized spacial score (nSPS) is 14.2. The molecule has 168 valence electrons. The fourth-order valence-electron chi connectivity index (χ4n) is 3.01. The van der Waals surface area contributed by atoms with Crippen molar-refractivity contribution in [3.05, 3.63) is 34.9 Å². The Morgan fingerprint density at radius 1 is 1.21 bits per heavy atom. The number of sulfone groups is 1. The molecule has 9 heteroatoms. The van der Waals surface area contributed by atoms with Gasteiger partial charge in [0.25, 0.3) is 0 Å². The minimum Gasteiger partial charge on any atom is -0.357 e. The van der Waals surface area contributed by atoms with Crippen LogP contribution in [0.25, 0.3) is 0 Å². The average molecular weight is 559 g/mol. The zero-order valence-corrected chi connectivity index (χ0v) is 22.0. The van der Waals surface area contributed by atoms with E-state index in [0.29, 0.717) is 18.9 Å². The molecule has 0 heterocycles. The van der Waals surface area contributed by atoms with Crippen LogP contribution in [0.15, 0.2) is 29.3 Å². The lowest BCUT2D eigenvalue weighted by atomic mass is 10.1. The van der Waals surface area contributed by atoms with E-state index in [-0.39, 0.29) is 41.8 Å². The molecule has 0 fully saturated rings. The number of halogens is 2. The maximum absolute atomic E-state index is 11.4. The van der Waals surface area contributed by atoms with Crippen molar-refractivity contribution in [1.29, 1.82) is 0 Å². The van der Waals surface area contributed by atoms with E-state index in [2.05, 4.69) is 35.4 Å². The van der Waals surface area contributed by atoms with Crippen molar-refractivity contribution in [1.82, 2.24) is 15.5 Å². The van der Waals surface area contributed by atoms with Crippen LogP contribution in [0.3, 0.4) is 0 Å². The summed E-state index contributed by atoms with van der Waals surface area (Å²) in [6, 6.07) is 7.97. The molecule has 2 N–H and O–H groups in total. The number of benzene rings is 1. The lowest BCUT2D eigenvalue weighted by Crippen LogP contribution is -2.43. The van der Waals surface area contributed by atoms with Gasteiger partial charge < -0.3 is 10.6 Å². The summed E-state index contributed by atoms with van der Waals surface area (Å²) in [4.78, 5) is 7.11. The standard InChI is InChI=1S/C20H35ClN4O2S.HI/c1-6-22-20(24-16(4)13-14-28(5,26)27)23-15-19(25(7-2)8-3)17-11-9-10-12-18(17)21;/h9-12,16,19H,6-8,13-15H2,1-5H3,(H2,22,23,24);1H. The second-order valence-corrected chi connectivity index (χ2v) is 9.61. The Morgan fingerprint density at radius 2 is 1.83 bits per heavy atom. The monoisotopic (exact) mass is 558 g/mol. The van der Waals surface area contributed by atoms with Gasteiger partial charge in [-0.05, 0) is 45.0 Å². The molecule has 29 heavy (non-hydrogen) atoms. The van der Waals surface area contributed by atoms with E-state index in [9.17, 15) is 8.42 Å². The van der Waals surface area contributed by atoms with E-state index in [4.69, 9.17) is 16.6 Å². The summed E-state index contributed by atoms with van der Waals surface area (Å²) in [6.07, 6.45) is 1.80. The molecule has 0 aromatic heterocycles. The van der Waals surface area contributed by atoms with E-state index in [1.54, 1.807) is 0 Å². The van der Waals surface area contributed by atoms with Crippen molar-refractivity contribution in [3.63, 3.8) is 0 Å². The molecule has 0 radical (unpaired) electrons. The summed E-state index contributed by atoms with van der Waals surface area (Å²) in [5.41, 5.74) is 1.07. The maximum atomic E-state index is 11.4. The summed E-state index contributed by atoms with van der Waals surface area (Å²) < 4.78 is 22.8. The Morgan fingerprint density at radius 3 is 2.34 bits per heavy atom. The maximum Gasteiger partial charge on any atom is 0.191 e. The highest BCUT2D eigenvalue weighted by Crippen LogP contribution is 2.27. The van der Waals surface area contributed by atoms with E-state index in [1.165, 1.54) is 6.26 Å². The third kappa shape index (κ3) is 10.8. The second kappa shape index (κ2) is 14.4. The Bertz CT molecular complexity index is 727. The zero-order valence-electron chi connectivity index (χ0n) is 18.1. The summed E-state index contributed by atoms with van der Waals surface area (Å²) in [5, 5.41) is 7.30. The van der Waals surface area contributed by atoms with Crippen LogP contribution in [0.1, 0.15) is 45.7 Å². The quantitative estimate of drug-likeness (QED) is 0.246. The van der Waals surface area contributed by atoms with E-state index in [0.717, 1.165) is 30.2 Å². The van der Waals surface area contributed by atoms with Gasteiger partial charge in [0, 0.05) is 23.9 Å².